The average molecular weight is 380 g/mol. The molecule has 0 bridgehead atoms. The SMILES string of the molecule is CCC1(O)CC(=O)c2c(c(=[N+]=[N-])c3c(=O)c4c(O)ccc(C)c4c(=O)c2=3)[C@H]1O. The molecule has 3 aliphatic rings. The Hall–Kier alpha value is -3.19. The lowest BCUT2D eigenvalue weighted by atomic mass is 9.77. The molecule has 28 heavy (non-hydrogen) atoms. The second-order valence-electron chi connectivity index (χ2n) is 7.26. The van der Waals surface area contributed by atoms with Gasteiger partial charge in [0.2, 0.25) is 5.43 Å². The number of nitrogens with zero attached hydrogens (tertiary/aromatic N) is 2. The van der Waals surface area contributed by atoms with Crippen LogP contribution in [-0.4, -0.2) is 31.5 Å². The van der Waals surface area contributed by atoms with E-state index in [0.717, 1.165) is 0 Å². The molecule has 0 aliphatic heterocycles. The number of carbonyl (C=O) groups excluding carboxylic acids is 1. The standard InChI is InChI=1S/C20H16N2O6/c1-3-20(28)6-9(24)11-13-14(16(22-21)15(11)19(20)27)18(26)12-8(23)5-4-7(2)10(12)17(13)25/h4-5,19,23,27-28H,3,6H2,1-2H3/t19-,20?/m1/s1. The summed E-state index contributed by atoms with van der Waals surface area (Å²) >= 11 is 0. The highest BCUT2D eigenvalue weighted by Crippen LogP contribution is 2.38. The first-order valence-corrected chi connectivity index (χ1v) is 8.75. The summed E-state index contributed by atoms with van der Waals surface area (Å²) in [7, 11) is 0. The number of rotatable bonds is 1. The van der Waals surface area contributed by atoms with E-state index < -0.39 is 45.9 Å². The van der Waals surface area contributed by atoms with Crippen LogP contribution in [0.4, 0.5) is 0 Å². The van der Waals surface area contributed by atoms with Crippen molar-refractivity contribution < 1.29 is 24.9 Å². The van der Waals surface area contributed by atoms with E-state index in [9.17, 15) is 35.2 Å². The predicted molar refractivity (Wildman–Crippen MR) is 96.5 cm³/mol. The number of aliphatic hydroxyl groups excluding tert-OH is 1. The quantitative estimate of drug-likeness (QED) is 0.402. The second-order valence-corrected chi connectivity index (χ2v) is 7.26. The Morgan fingerprint density at radius 2 is 1.82 bits per heavy atom. The Labute approximate surface area is 156 Å². The summed E-state index contributed by atoms with van der Waals surface area (Å²) in [5, 5.41) is 30.2. The Bertz CT molecular complexity index is 1440. The number of aryl methyl sites for hydroxylation is 1. The molecule has 0 aromatic heterocycles. The summed E-state index contributed by atoms with van der Waals surface area (Å²) in [5.74, 6) is -1.04. The van der Waals surface area contributed by atoms with Crippen molar-refractivity contribution >= 4 is 16.6 Å². The highest BCUT2D eigenvalue weighted by Gasteiger charge is 2.48. The van der Waals surface area contributed by atoms with Crippen LogP contribution in [0.5, 0.6) is 5.75 Å². The number of hydrogen-bond acceptors (Lipinski definition) is 6. The summed E-state index contributed by atoms with van der Waals surface area (Å²) in [6, 6.07) is 2.75. The van der Waals surface area contributed by atoms with Crippen molar-refractivity contribution in [2.75, 3.05) is 0 Å². The largest absolute Gasteiger partial charge is 0.507 e. The van der Waals surface area contributed by atoms with E-state index in [1.165, 1.54) is 12.1 Å². The number of ketones is 1. The second kappa shape index (κ2) is 5.65. The first-order valence-electron chi connectivity index (χ1n) is 8.75. The molecular weight excluding hydrogens is 364 g/mol. The van der Waals surface area contributed by atoms with Gasteiger partial charge in [-0.15, -0.1) is 0 Å². The Morgan fingerprint density at radius 3 is 2.43 bits per heavy atom. The minimum atomic E-state index is -1.81. The number of benzene rings is 1. The van der Waals surface area contributed by atoms with Crippen LogP contribution in [0.1, 0.15) is 47.4 Å². The molecule has 8 nitrogen and oxygen atoms in total. The molecule has 0 spiro atoms. The van der Waals surface area contributed by atoms with E-state index in [-0.39, 0.29) is 38.8 Å². The van der Waals surface area contributed by atoms with Gasteiger partial charge in [0.05, 0.1) is 16.2 Å². The number of phenolic OH excluding ortho intramolecular Hbond substituents is 1. The molecule has 1 unspecified atom stereocenters. The number of aliphatic hydroxyl groups is 2. The predicted octanol–water partition coefficient (Wildman–Crippen LogP) is 0.0660. The maximum absolute atomic E-state index is 13.2. The van der Waals surface area contributed by atoms with Crippen LogP contribution in [0.15, 0.2) is 21.7 Å². The molecule has 8 heteroatoms. The van der Waals surface area contributed by atoms with Crippen molar-refractivity contribution in [2.45, 2.75) is 38.4 Å². The van der Waals surface area contributed by atoms with Crippen molar-refractivity contribution in [3.05, 3.63) is 70.6 Å². The summed E-state index contributed by atoms with van der Waals surface area (Å²) in [4.78, 5) is 42.2. The normalized spacial score (nSPS) is 21.9. The number of Topliss-reactive ketones (excluding diaryl/α,β-unsaturated/α-hetero) is 1. The molecule has 142 valence electrons. The van der Waals surface area contributed by atoms with Gasteiger partial charge in [-0.2, -0.15) is 4.79 Å². The molecule has 0 fully saturated rings. The van der Waals surface area contributed by atoms with Crippen LogP contribution < -0.4 is 16.2 Å². The molecule has 1 aromatic carbocycles. The van der Waals surface area contributed by atoms with Crippen LogP contribution in [0.25, 0.3) is 16.3 Å². The Kier molecular flexibility index (Phi) is 3.67. The highest BCUT2D eigenvalue weighted by molar-refractivity contribution is 6.01. The number of hydrogen-bond donors (Lipinski definition) is 3. The van der Waals surface area contributed by atoms with Gasteiger partial charge in [-0.3, -0.25) is 14.4 Å². The Balaban J connectivity index is 2.42. The highest BCUT2D eigenvalue weighted by atomic mass is 16.3. The lowest BCUT2D eigenvalue weighted by Gasteiger charge is -2.34. The molecule has 0 amide bonds. The van der Waals surface area contributed by atoms with Crippen LogP contribution in [0.2, 0.25) is 0 Å². The van der Waals surface area contributed by atoms with Gasteiger partial charge in [0.1, 0.15) is 22.7 Å². The number of carbonyl (C=O) groups is 1. The molecular formula is C20H16N2O6. The van der Waals surface area contributed by atoms with Gasteiger partial charge in [-0.05, 0) is 25.0 Å². The summed E-state index contributed by atoms with van der Waals surface area (Å²) < 4.78 is 0. The van der Waals surface area contributed by atoms with Crippen molar-refractivity contribution in [3.63, 3.8) is 0 Å². The van der Waals surface area contributed by atoms with Crippen LogP contribution in [0, 0.1) is 17.4 Å². The fraction of sp³-hybridized carbons (Fsp3) is 0.300. The third kappa shape index (κ3) is 1.99. The van der Waals surface area contributed by atoms with Gasteiger partial charge >= 0.3 is 5.36 Å². The monoisotopic (exact) mass is 380 g/mol. The minimum absolute atomic E-state index is 0.0298. The third-order valence-electron chi connectivity index (χ3n) is 5.80. The molecule has 0 radical (unpaired) electrons. The maximum atomic E-state index is 13.2. The fourth-order valence-corrected chi connectivity index (χ4v) is 4.26. The fourth-order valence-electron chi connectivity index (χ4n) is 4.26. The molecule has 0 saturated carbocycles. The maximum Gasteiger partial charge on any atom is 0.333 e. The molecule has 3 N–H and O–H groups in total. The zero-order chi connectivity index (χ0) is 20.5. The molecule has 4 rings (SSSR count). The number of phenols is 1. The summed E-state index contributed by atoms with van der Waals surface area (Å²) in [6.45, 7) is 3.17. The number of fused-ring (bicyclic) bond motifs is 3. The first kappa shape index (κ1) is 18.2. The van der Waals surface area contributed by atoms with E-state index in [1.807, 2.05) is 0 Å². The minimum Gasteiger partial charge on any atom is -0.507 e. The number of aromatic hydroxyl groups is 1. The van der Waals surface area contributed by atoms with Gasteiger partial charge in [-0.1, -0.05) is 13.0 Å². The van der Waals surface area contributed by atoms with Gasteiger partial charge in [0.25, 0.3) is 0 Å². The first-order chi connectivity index (χ1) is 13.2. The zero-order valence-electron chi connectivity index (χ0n) is 15.1. The van der Waals surface area contributed by atoms with Crippen LogP contribution >= 0.6 is 0 Å². The topological polar surface area (TPSA) is 148 Å². The van der Waals surface area contributed by atoms with E-state index in [0.29, 0.717) is 5.56 Å². The third-order valence-corrected chi connectivity index (χ3v) is 5.80. The van der Waals surface area contributed by atoms with Crippen molar-refractivity contribution in [2.24, 2.45) is 0 Å². The molecule has 2 atom stereocenters. The van der Waals surface area contributed by atoms with E-state index >= 15 is 0 Å². The lowest BCUT2D eigenvalue weighted by molar-refractivity contribution is -0.0989. The van der Waals surface area contributed by atoms with Gasteiger partial charge in [-0.25, -0.2) is 0 Å². The van der Waals surface area contributed by atoms with Crippen molar-refractivity contribution in [1.29, 1.82) is 0 Å². The molecule has 1 aromatic rings. The molecule has 3 aliphatic carbocycles. The van der Waals surface area contributed by atoms with Crippen molar-refractivity contribution in [3.8, 4) is 5.75 Å². The van der Waals surface area contributed by atoms with Crippen LogP contribution in [0.3, 0.4) is 0 Å². The summed E-state index contributed by atoms with van der Waals surface area (Å²) in [5.41, 5.74) is 6.28. The van der Waals surface area contributed by atoms with E-state index in [4.69, 9.17) is 0 Å². The van der Waals surface area contributed by atoms with E-state index in [1.54, 1.807) is 13.8 Å². The van der Waals surface area contributed by atoms with Crippen LogP contribution in [-0.2, 0) is 0 Å². The van der Waals surface area contributed by atoms with Gasteiger partial charge in [0, 0.05) is 17.4 Å². The van der Waals surface area contributed by atoms with E-state index in [2.05, 4.69) is 4.79 Å². The van der Waals surface area contributed by atoms with Crippen molar-refractivity contribution in [1.82, 2.24) is 0 Å². The van der Waals surface area contributed by atoms with Gasteiger partial charge in [0.15, 0.2) is 11.2 Å². The summed E-state index contributed by atoms with van der Waals surface area (Å²) in [6.07, 6.45) is -2.03. The Morgan fingerprint density at radius 1 is 1.18 bits per heavy atom. The molecule has 0 heterocycles. The molecule has 0 saturated heterocycles. The average Bonchev–Trinajstić information content (AvgIpc) is 3.02. The lowest BCUT2D eigenvalue weighted by Crippen LogP contribution is -2.44. The zero-order valence-corrected chi connectivity index (χ0v) is 15.1. The van der Waals surface area contributed by atoms with Gasteiger partial charge < -0.3 is 20.9 Å². The smallest absolute Gasteiger partial charge is 0.333 e.